The number of rotatable bonds is 7. The fourth-order valence-electron chi connectivity index (χ4n) is 6.30. The summed E-state index contributed by atoms with van der Waals surface area (Å²) in [5.41, 5.74) is 2.60. The molecule has 41 heavy (non-hydrogen) atoms. The second-order valence-electron chi connectivity index (χ2n) is 11.4. The molecular formula is C30H33FN4O6. The lowest BCUT2D eigenvalue weighted by molar-refractivity contribution is -0.162. The minimum atomic E-state index is -1.35. The van der Waals surface area contributed by atoms with Crippen molar-refractivity contribution in [3.8, 4) is 17.2 Å². The Kier molecular flexibility index (Phi) is 7.20. The number of likely N-dealkylation sites (tertiary alicyclic amines) is 2. The molecule has 2 aromatic rings. The van der Waals surface area contributed by atoms with Crippen molar-refractivity contribution in [3.05, 3.63) is 58.9 Å². The normalized spacial score (nSPS) is 21.8. The van der Waals surface area contributed by atoms with Gasteiger partial charge in [-0.2, -0.15) is 5.26 Å². The number of carbonyl (C=O) groups is 2. The Bertz CT molecular complexity index is 1390. The molecule has 0 aromatic heterocycles. The zero-order valence-electron chi connectivity index (χ0n) is 22.9. The number of carboxylic acid groups (broad SMARTS) is 1. The fourth-order valence-corrected chi connectivity index (χ4v) is 6.30. The minimum absolute atomic E-state index is 0.0412. The summed E-state index contributed by atoms with van der Waals surface area (Å²) in [5, 5.41) is 21.3. The van der Waals surface area contributed by atoms with E-state index in [1.165, 1.54) is 24.3 Å². The number of nitriles is 1. The molecule has 0 aliphatic carbocycles. The largest absolute Gasteiger partial charge is 0.465 e. The Morgan fingerprint density at radius 3 is 2.51 bits per heavy atom. The van der Waals surface area contributed by atoms with Gasteiger partial charge >= 0.3 is 6.09 Å². The topological polar surface area (TPSA) is 124 Å². The van der Waals surface area contributed by atoms with Crippen LogP contribution < -0.4 is 5.32 Å². The molecule has 3 saturated heterocycles. The van der Waals surface area contributed by atoms with Crippen molar-refractivity contribution in [2.75, 3.05) is 46.5 Å². The van der Waals surface area contributed by atoms with E-state index in [2.05, 4.69) is 22.3 Å². The van der Waals surface area contributed by atoms with Crippen LogP contribution >= 0.6 is 0 Å². The van der Waals surface area contributed by atoms with Crippen LogP contribution in [0.15, 0.2) is 36.4 Å². The number of hydrogen-bond acceptors (Lipinski definition) is 7. The zero-order valence-corrected chi connectivity index (χ0v) is 22.9. The molecule has 0 unspecified atom stereocenters. The molecule has 4 heterocycles. The molecule has 2 aromatic carbocycles. The molecule has 0 saturated carbocycles. The molecule has 6 rings (SSSR count). The van der Waals surface area contributed by atoms with Gasteiger partial charge < -0.3 is 29.5 Å². The zero-order chi connectivity index (χ0) is 28.8. The third kappa shape index (κ3) is 4.95. The van der Waals surface area contributed by atoms with E-state index in [1.807, 2.05) is 18.2 Å². The average Bonchev–Trinajstić information content (AvgIpc) is 3.26. The molecule has 2 amide bonds. The van der Waals surface area contributed by atoms with E-state index in [-0.39, 0.29) is 25.1 Å². The van der Waals surface area contributed by atoms with Crippen molar-refractivity contribution in [2.24, 2.45) is 0 Å². The molecule has 4 aliphatic rings. The maximum atomic E-state index is 15.3. The third-order valence-corrected chi connectivity index (χ3v) is 9.09. The number of hydrogen-bond donors (Lipinski definition) is 2. The highest BCUT2D eigenvalue weighted by atomic mass is 19.1. The number of amides is 2. The summed E-state index contributed by atoms with van der Waals surface area (Å²) >= 11 is 0. The molecule has 3 fully saturated rings. The second-order valence-corrected chi connectivity index (χ2v) is 11.4. The van der Waals surface area contributed by atoms with Gasteiger partial charge in [-0.05, 0) is 52.8 Å². The lowest BCUT2D eigenvalue weighted by Crippen LogP contribution is -2.71. The first-order valence-corrected chi connectivity index (χ1v) is 13.9. The van der Waals surface area contributed by atoms with Gasteiger partial charge in [-0.15, -0.1) is 0 Å². The van der Waals surface area contributed by atoms with E-state index in [4.69, 9.17) is 19.3 Å². The maximum absolute atomic E-state index is 15.3. The Labute approximate surface area is 237 Å². The molecule has 4 aliphatic heterocycles. The van der Waals surface area contributed by atoms with Gasteiger partial charge in [0.05, 0.1) is 50.6 Å². The van der Waals surface area contributed by atoms with Crippen LogP contribution in [0.4, 0.5) is 9.18 Å². The molecule has 2 N–H and O–H groups in total. The van der Waals surface area contributed by atoms with E-state index < -0.39 is 29.5 Å². The third-order valence-electron chi connectivity index (χ3n) is 9.09. The van der Waals surface area contributed by atoms with Gasteiger partial charge in [0.1, 0.15) is 11.9 Å². The summed E-state index contributed by atoms with van der Waals surface area (Å²) in [4.78, 5) is 27.4. The quantitative estimate of drug-likeness (QED) is 0.526. The molecule has 216 valence electrons. The first-order chi connectivity index (χ1) is 19.8. The summed E-state index contributed by atoms with van der Waals surface area (Å²) in [6.45, 7) is 3.84. The summed E-state index contributed by atoms with van der Waals surface area (Å²) in [5.74, 6) is -1.07. The molecule has 1 atom stereocenters. The van der Waals surface area contributed by atoms with Crippen LogP contribution in [0.5, 0.6) is 0 Å². The van der Waals surface area contributed by atoms with Crippen LogP contribution in [0.2, 0.25) is 0 Å². The predicted molar refractivity (Wildman–Crippen MR) is 144 cm³/mol. The number of benzene rings is 2. The number of nitrogens with one attached hydrogen (secondary N) is 1. The highest BCUT2D eigenvalue weighted by molar-refractivity contribution is 5.89. The predicted octanol–water partition coefficient (Wildman–Crippen LogP) is 2.64. The summed E-state index contributed by atoms with van der Waals surface area (Å²) in [7, 11) is 1.32. The van der Waals surface area contributed by atoms with Crippen molar-refractivity contribution < 1.29 is 33.3 Å². The van der Waals surface area contributed by atoms with Gasteiger partial charge in [0, 0.05) is 26.6 Å². The van der Waals surface area contributed by atoms with Crippen LogP contribution in [0.1, 0.15) is 29.5 Å². The SMILES string of the molecule is COC1(C(=O)N[C@H](C#N)Cc2ccc(-c3ccc4c(c3)C3(CCN(C5COC5)CC3)OC4)cc2F)CN(C(=O)O)C1. The van der Waals surface area contributed by atoms with E-state index >= 15 is 4.39 Å². The van der Waals surface area contributed by atoms with Crippen molar-refractivity contribution in [3.63, 3.8) is 0 Å². The molecular weight excluding hydrogens is 531 g/mol. The van der Waals surface area contributed by atoms with Crippen molar-refractivity contribution in [1.82, 2.24) is 15.1 Å². The van der Waals surface area contributed by atoms with Gasteiger partial charge in [-0.1, -0.05) is 24.3 Å². The Balaban J connectivity index is 1.13. The highest BCUT2D eigenvalue weighted by Gasteiger charge is 2.52. The van der Waals surface area contributed by atoms with E-state index in [1.54, 1.807) is 6.07 Å². The van der Waals surface area contributed by atoms with Crippen LogP contribution in [-0.2, 0) is 37.6 Å². The van der Waals surface area contributed by atoms with Crippen LogP contribution in [0, 0.1) is 17.1 Å². The van der Waals surface area contributed by atoms with Gasteiger partial charge in [-0.25, -0.2) is 9.18 Å². The summed E-state index contributed by atoms with van der Waals surface area (Å²) < 4.78 is 32.3. The number of halogens is 1. The maximum Gasteiger partial charge on any atom is 0.407 e. The second kappa shape index (κ2) is 10.7. The first-order valence-electron chi connectivity index (χ1n) is 13.9. The van der Waals surface area contributed by atoms with Crippen molar-refractivity contribution in [1.29, 1.82) is 5.26 Å². The number of carbonyl (C=O) groups excluding carboxylic acids is 1. The lowest BCUT2D eigenvalue weighted by Gasteiger charge is -2.46. The molecule has 11 heteroatoms. The van der Waals surface area contributed by atoms with E-state index in [9.17, 15) is 14.9 Å². The van der Waals surface area contributed by atoms with Gasteiger partial charge in [0.2, 0.25) is 0 Å². The van der Waals surface area contributed by atoms with E-state index in [0.29, 0.717) is 18.2 Å². The highest BCUT2D eigenvalue weighted by Crippen LogP contribution is 2.46. The number of methoxy groups -OCH3 is 1. The van der Waals surface area contributed by atoms with Crippen molar-refractivity contribution in [2.45, 2.75) is 49.2 Å². The first kappa shape index (κ1) is 27.6. The molecule has 10 nitrogen and oxygen atoms in total. The minimum Gasteiger partial charge on any atom is -0.465 e. The number of ether oxygens (including phenoxy) is 3. The van der Waals surface area contributed by atoms with Gasteiger partial charge in [-0.3, -0.25) is 9.69 Å². The molecule has 0 bridgehead atoms. The lowest BCUT2D eigenvalue weighted by atomic mass is 9.82. The number of fused-ring (bicyclic) bond motifs is 2. The Hall–Kier alpha value is -3.56. The smallest absolute Gasteiger partial charge is 0.407 e. The molecule has 1 spiro atoms. The van der Waals surface area contributed by atoms with Gasteiger partial charge in [0.15, 0.2) is 5.60 Å². The Morgan fingerprint density at radius 2 is 1.90 bits per heavy atom. The van der Waals surface area contributed by atoms with Gasteiger partial charge in [0.25, 0.3) is 5.91 Å². The monoisotopic (exact) mass is 564 g/mol. The van der Waals surface area contributed by atoms with Crippen LogP contribution in [0.3, 0.4) is 0 Å². The summed E-state index contributed by atoms with van der Waals surface area (Å²) in [6.07, 6.45) is 0.626. The Morgan fingerprint density at radius 1 is 1.20 bits per heavy atom. The molecule has 0 radical (unpaired) electrons. The standard InChI is InChI=1S/C30H33FN4O6/c1-39-30(17-35(18-30)28(37)38)27(36)33-23(13-32)10-21-4-2-20(12-26(21)31)19-3-5-22-14-41-29(25(22)11-19)6-8-34(9-7-29)24-15-40-16-24/h2-5,11-12,23-24H,6-10,14-18H2,1H3,(H,33,36)(H,37,38)/t23-/m0/s1. The summed E-state index contributed by atoms with van der Waals surface area (Å²) in [6, 6.07) is 12.6. The number of piperidine rings is 1. The van der Waals surface area contributed by atoms with Crippen LogP contribution in [-0.4, -0.2) is 91.1 Å². The number of nitrogens with zero attached hydrogens (tertiary/aromatic N) is 3. The average molecular weight is 565 g/mol. The van der Waals surface area contributed by atoms with E-state index in [0.717, 1.165) is 55.2 Å². The fraction of sp³-hybridized carbons (Fsp3) is 0.500. The van der Waals surface area contributed by atoms with Crippen LogP contribution in [0.25, 0.3) is 11.1 Å². The van der Waals surface area contributed by atoms with Crippen molar-refractivity contribution >= 4 is 12.0 Å².